The highest BCUT2D eigenvalue weighted by Gasteiger charge is 2.25. The van der Waals surface area contributed by atoms with E-state index in [0.717, 1.165) is 45.0 Å². The van der Waals surface area contributed by atoms with Gasteiger partial charge in [0.05, 0.1) is 35.1 Å². The van der Waals surface area contributed by atoms with Gasteiger partial charge in [0.15, 0.2) is 0 Å². The summed E-state index contributed by atoms with van der Waals surface area (Å²) in [6.07, 6.45) is 3.20. The van der Waals surface area contributed by atoms with Crippen molar-refractivity contribution in [3.63, 3.8) is 0 Å². The second kappa shape index (κ2) is 6.68. The molecule has 0 atom stereocenters. The van der Waals surface area contributed by atoms with E-state index >= 15 is 0 Å². The maximum Gasteiger partial charge on any atom is 0.128 e. The molecule has 5 rings (SSSR count). The Morgan fingerprint density at radius 3 is 2.61 bits per heavy atom. The maximum atomic E-state index is 9.61. The molecular weight excluding hydrogens is 418 g/mol. The van der Waals surface area contributed by atoms with Gasteiger partial charge < -0.3 is 5.11 Å². The number of imidazole rings is 1. The lowest BCUT2D eigenvalue weighted by atomic mass is 10.1. The minimum atomic E-state index is -0.0198. The smallest absolute Gasteiger partial charge is 0.128 e. The molecule has 0 saturated carbocycles. The van der Waals surface area contributed by atoms with Crippen molar-refractivity contribution in [2.24, 2.45) is 0 Å². The Morgan fingerprint density at radius 1 is 1.04 bits per heavy atom. The monoisotopic (exact) mass is 435 g/mol. The summed E-state index contributed by atoms with van der Waals surface area (Å²) in [5, 5.41) is 18.6. The third-order valence-electron chi connectivity index (χ3n) is 5.20. The van der Waals surface area contributed by atoms with Crippen LogP contribution in [0.2, 0.25) is 0 Å². The van der Waals surface area contributed by atoms with Crippen molar-refractivity contribution >= 4 is 15.9 Å². The molecule has 3 heterocycles. The molecule has 0 amide bonds. The number of hydrogen-bond acceptors (Lipinski definition) is 4. The third-order valence-corrected chi connectivity index (χ3v) is 5.86. The number of aliphatic hydroxyl groups excluding tert-OH is 1. The predicted molar refractivity (Wildman–Crippen MR) is 109 cm³/mol. The average Bonchev–Trinajstić information content (AvgIpc) is 3.23. The molecule has 0 spiro atoms. The molecule has 0 saturated heterocycles. The lowest BCUT2D eigenvalue weighted by Crippen LogP contribution is -2.05. The number of hydrogen-bond donors (Lipinski definition) is 1. The van der Waals surface area contributed by atoms with Crippen LogP contribution < -0.4 is 0 Å². The SMILES string of the molecule is Cc1ccc(Cc2nnn3c2Cc2c(Br)ncn2-c2ccc(CO)cc2-3)cc1. The van der Waals surface area contributed by atoms with Crippen LogP contribution in [0, 0.1) is 6.92 Å². The van der Waals surface area contributed by atoms with Crippen molar-refractivity contribution in [1.29, 1.82) is 0 Å². The van der Waals surface area contributed by atoms with E-state index in [1.54, 1.807) is 0 Å². The fourth-order valence-electron chi connectivity index (χ4n) is 3.66. The first-order valence-electron chi connectivity index (χ1n) is 9.09. The fourth-order valence-corrected chi connectivity index (χ4v) is 4.08. The first kappa shape index (κ1) is 17.3. The van der Waals surface area contributed by atoms with Crippen LogP contribution in [-0.4, -0.2) is 29.7 Å². The summed E-state index contributed by atoms with van der Waals surface area (Å²) in [6.45, 7) is 2.07. The standard InChI is InChI=1S/C21H18BrN5O/c1-13-2-4-14(5-3-13)8-16-18-10-20-21(22)23-12-26(20)17-7-6-15(11-28)9-19(17)27(18)25-24-16/h2-7,9,12,28H,8,10-11H2,1H3. The molecule has 1 aliphatic heterocycles. The summed E-state index contributed by atoms with van der Waals surface area (Å²) in [7, 11) is 0. The van der Waals surface area contributed by atoms with Crippen molar-refractivity contribution in [1.82, 2.24) is 24.5 Å². The fraction of sp³-hybridized carbons (Fsp3) is 0.190. The van der Waals surface area contributed by atoms with Crippen molar-refractivity contribution in [2.75, 3.05) is 0 Å². The molecule has 140 valence electrons. The number of fused-ring (bicyclic) bond motifs is 5. The van der Waals surface area contributed by atoms with Gasteiger partial charge in [-0.3, -0.25) is 4.57 Å². The molecule has 0 fully saturated rings. The van der Waals surface area contributed by atoms with Gasteiger partial charge in [0.25, 0.3) is 0 Å². The Kier molecular flexibility index (Phi) is 4.14. The van der Waals surface area contributed by atoms with Gasteiger partial charge in [-0.05, 0) is 46.1 Å². The molecule has 7 heteroatoms. The molecule has 4 aromatic rings. The second-order valence-electron chi connectivity index (χ2n) is 7.07. The Morgan fingerprint density at radius 2 is 1.82 bits per heavy atom. The molecule has 28 heavy (non-hydrogen) atoms. The van der Waals surface area contributed by atoms with Crippen molar-refractivity contribution in [3.05, 3.63) is 87.2 Å². The Hall–Kier alpha value is -2.77. The highest BCUT2D eigenvalue weighted by molar-refractivity contribution is 9.10. The molecule has 1 N–H and O–H groups in total. The van der Waals surface area contributed by atoms with E-state index in [1.165, 1.54) is 11.1 Å². The average molecular weight is 436 g/mol. The van der Waals surface area contributed by atoms with E-state index in [4.69, 9.17) is 0 Å². The van der Waals surface area contributed by atoms with Crippen LogP contribution in [-0.2, 0) is 19.4 Å². The van der Waals surface area contributed by atoms with Gasteiger partial charge in [-0.25, -0.2) is 9.67 Å². The normalized spacial score (nSPS) is 12.2. The first-order chi connectivity index (χ1) is 13.6. The molecule has 0 aliphatic carbocycles. The number of aromatic nitrogens is 5. The van der Waals surface area contributed by atoms with Crippen LogP contribution in [0.1, 0.15) is 33.8 Å². The number of benzene rings is 2. The highest BCUT2D eigenvalue weighted by atomic mass is 79.9. The molecule has 0 radical (unpaired) electrons. The van der Waals surface area contributed by atoms with Crippen LogP contribution in [0.4, 0.5) is 0 Å². The predicted octanol–water partition coefficient (Wildman–Crippen LogP) is 3.51. The zero-order valence-electron chi connectivity index (χ0n) is 15.3. The van der Waals surface area contributed by atoms with E-state index in [9.17, 15) is 5.11 Å². The zero-order valence-corrected chi connectivity index (χ0v) is 16.9. The zero-order chi connectivity index (χ0) is 19.3. The maximum absolute atomic E-state index is 9.61. The van der Waals surface area contributed by atoms with Crippen molar-refractivity contribution in [2.45, 2.75) is 26.4 Å². The minimum Gasteiger partial charge on any atom is -0.392 e. The topological polar surface area (TPSA) is 68.8 Å². The van der Waals surface area contributed by atoms with Gasteiger partial charge in [0, 0.05) is 12.8 Å². The molecule has 2 aromatic carbocycles. The summed E-state index contributed by atoms with van der Waals surface area (Å²) in [6, 6.07) is 14.4. The minimum absolute atomic E-state index is 0.0198. The quantitative estimate of drug-likeness (QED) is 0.470. The van der Waals surface area contributed by atoms with E-state index in [1.807, 2.05) is 29.2 Å². The number of nitrogens with zero attached hydrogens (tertiary/aromatic N) is 5. The lowest BCUT2D eigenvalue weighted by Gasteiger charge is -2.11. The van der Waals surface area contributed by atoms with Crippen LogP contribution in [0.25, 0.3) is 11.4 Å². The van der Waals surface area contributed by atoms with E-state index in [2.05, 4.69) is 67.0 Å². The van der Waals surface area contributed by atoms with Gasteiger partial charge in [-0.1, -0.05) is 41.1 Å². The summed E-state index contributed by atoms with van der Waals surface area (Å²) in [5.41, 5.74) is 8.19. The summed E-state index contributed by atoms with van der Waals surface area (Å²) < 4.78 is 4.79. The number of rotatable bonds is 3. The van der Waals surface area contributed by atoms with Crippen molar-refractivity contribution in [3.8, 4) is 11.4 Å². The van der Waals surface area contributed by atoms with E-state index < -0.39 is 0 Å². The lowest BCUT2D eigenvalue weighted by molar-refractivity contribution is 0.282. The molecule has 0 bridgehead atoms. The van der Waals surface area contributed by atoms with Gasteiger partial charge >= 0.3 is 0 Å². The van der Waals surface area contributed by atoms with E-state index in [0.29, 0.717) is 6.42 Å². The summed E-state index contributed by atoms with van der Waals surface area (Å²) >= 11 is 3.58. The first-order valence-corrected chi connectivity index (χ1v) is 9.88. The molecule has 2 aromatic heterocycles. The summed E-state index contributed by atoms with van der Waals surface area (Å²) in [4.78, 5) is 4.44. The molecular formula is C21H18BrN5O. The summed E-state index contributed by atoms with van der Waals surface area (Å²) in [5.74, 6) is 0. The van der Waals surface area contributed by atoms with Gasteiger partial charge in [-0.2, -0.15) is 0 Å². The third kappa shape index (κ3) is 2.78. The van der Waals surface area contributed by atoms with Crippen LogP contribution in [0.15, 0.2) is 53.4 Å². The highest BCUT2D eigenvalue weighted by Crippen LogP contribution is 2.32. The van der Waals surface area contributed by atoms with Crippen LogP contribution >= 0.6 is 15.9 Å². The van der Waals surface area contributed by atoms with Gasteiger partial charge in [0.1, 0.15) is 10.9 Å². The van der Waals surface area contributed by atoms with Crippen LogP contribution in [0.5, 0.6) is 0 Å². The second-order valence-corrected chi connectivity index (χ2v) is 7.82. The Balaban J connectivity index is 1.68. The van der Waals surface area contributed by atoms with Crippen LogP contribution in [0.3, 0.4) is 0 Å². The van der Waals surface area contributed by atoms with Crippen molar-refractivity contribution < 1.29 is 5.11 Å². The number of halogens is 1. The Bertz CT molecular complexity index is 1180. The molecule has 1 aliphatic rings. The van der Waals surface area contributed by atoms with Gasteiger partial charge in [0.2, 0.25) is 0 Å². The number of aryl methyl sites for hydroxylation is 1. The molecule has 0 unspecified atom stereocenters. The Labute approximate surface area is 170 Å². The van der Waals surface area contributed by atoms with E-state index in [-0.39, 0.29) is 6.61 Å². The number of aliphatic hydroxyl groups is 1. The molecule has 6 nitrogen and oxygen atoms in total. The largest absolute Gasteiger partial charge is 0.392 e. The van der Waals surface area contributed by atoms with Gasteiger partial charge in [-0.15, -0.1) is 5.10 Å².